The highest BCUT2D eigenvalue weighted by molar-refractivity contribution is 6.30. The maximum Gasteiger partial charge on any atom is 0.314 e. The molecule has 2 N–H and O–H groups in total. The van der Waals surface area contributed by atoms with Crippen LogP contribution in [0.2, 0.25) is 5.02 Å². The summed E-state index contributed by atoms with van der Waals surface area (Å²) in [6.07, 6.45) is 0. The number of rotatable bonds is 3. The van der Waals surface area contributed by atoms with Crippen LogP contribution in [0.5, 0.6) is 0 Å². The van der Waals surface area contributed by atoms with Crippen LogP contribution in [0.4, 0.5) is 4.39 Å². The molecule has 82 valence electrons. The van der Waals surface area contributed by atoms with Gasteiger partial charge in [0.15, 0.2) is 0 Å². The van der Waals surface area contributed by atoms with Crippen molar-refractivity contribution in [1.29, 1.82) is 0 Å². The lowest BCUT2D eigenvalue weighted by atomic mass is 9.99. The number of hydrogen-bond donors (Lipinski definition) is 1. The average molecular weight is 232 g/mol. The van der Waals surface area contributed by atoms with E-state index >= 15 is 0 Å². The van der Waals surface area contributed by atoms with Gasteiger partial charge in [0.05, 0.1) is 13.0 Å². The van der Waals surface area contributed by atoms with Crippen molar-refractivity contribution < 1.29 is 13.9 Å². The third kappa shape index (κ3) is 2.67. The molecule has 0 aliphatic carbocycles. The van der Waals surface area contributed by atoms with Crippen molar-refractivity contribution in [1.82, 2.24) is 0 Å². The van der Waals surface area contributed by atoms with Crippen molar-refractivity contribution in [2.75, 3.05) is 13.7 Å². The lowest BCUT2D eigenvalue weighted by molar-refractivity contribution is -0.142. The Morgan fingerprint density at radius 2 is 2.33 bits per heavy atom. The highest BCUT2D eigenvalue weighted by atomic mass is 35.5. The van der Waals surface area contributed by atoms with Crippen molar-refractivity contribution in [3.05, 3.63) is 34.6 Å². The normalized spacial score (nSPS) is 12.3. The summed E-state index contributed by atoms with van der Waals surface area (Å²) in [4.78, 5) is 11.3. The van der Waals surface area contributed by atoms with Gasteiger partial charge in [0, 0.05) is 17.1 Å². The minimum absolute atomic E-state index is 0.00870. The Morgan fingerprint density at radius 3 is 2.80 bits per heavy atom. The van der Waals surface area contributed by atoms with Gasteiger partial charge in [-0.3, -0.25) is 4.79 Å². The number of methoxy groups -OCH3 is 1. The molecule has 1 rings (SSSR count). The number of ether oxygens (including phenoxy) is 1. The lowest BCUT2D eigenvalue weighted by Gasteiger charge is -2.13. The molecule has 0 heterocycles. The summed E-state index contributed by atoms with van der Waals surface area (Å²) in [6, 6.07) is 4.08. The molecule has 0 radical (unpaired) electrons. The molecular formula is C10H11ClFNO2. The quantitative estimate of drug-likeness (QED) is 0.806. The second-order valence-corrected chi connectivity index (χ2v) is 3.41. The Bertz CT molecular complexity index is 370. The average Bonchev–Trinajstić information content (AvgIpc) is 2.21. The second kappa shape index (κ2) is 5.09. The Balaban J connectivity index is 3.07. The van der Waals surface area contributed by atoms with E-state index in [0.717, 1.165) is 6.07 Å². The summed E-state index contributed by atoms with van der Waals surface area (Å²) in [5.41, 5.74) is 5.59. The fraction of sp³-hybridized carbons (Fsp3) is 0.300. The number of halogens is 2. The predicted molar refractivity (Wildman–Crippen MR) is 55.2 cm³/mol. The van der Waals surface area contributed by atoms with E-state index in [1.54, 1.807) is 0 Å². The third-order valence-corrected chi connectivity index (χ3v) is 2.29. The zero-order valence-corrected chi connectivity index (χ0v) is 8.92. The maximum absolute atomic E-state index is 13.4. The van der Waals surface area contributed by atoms with Crippen molar-refractivity contribution in [2.45, 2.75) is 5.92 Å². The van der Waals surface area contributed by atoms with Gasteiger partial charge in [0.2, 0.25) is 0 Å². The predicted octanol–water partition coefficient (Wildman–Crippen LogP) is 1.69. The molecule has 0 spiro atoms. The van der Waals surface area contributed by atoms with Crippen molar-refractivity contribution in [2.24, 2.45) is 5.73 Å². The second-order valence-electron chi connectivity index (χ2n) is 2.98. The number of esters is 1. The van der Waals surface area contributed by atoms with Crippen LogP contribution in [-0.2, 0) is 9.53 Å². The van der Waals surface area contributed by atoms with E-state index in [2.05, 4.69) is 4.74 Å². The summed E-state index contributed by atoms with van der Waals surface area (Å²) < 4.78 is 18.0. The SMILES string of the molecule is COC(=O)C(CN)c1ccc(Cl)cc1F. The van der Waals surface area contributed by atoms with E-state index < -0.39 is 17.7 Å². The Hall–Kier alpha value is -1.13. The Labute approximate surface area is 92.0 Å². The highest BCUT2D eigenvalue weighted by Crippen LogP contribution is 2.22. The summed E-state index contributed by atoms with van der Waals surface area (Å²) in [7, 11) is 1.23. The molecule has 1 aromatic rings. The van der Waals surface area contributed by atoms with Crippen molar-refractivity contribution >= 4 is 17.6 Å². The topological polar surface area (TPSA) is 52.3 Å². The minimum Gasteiger partial charge on any atom is -0.469 e. The first kappa shape index (κ1) is 11.9. The first-order chi connectivity index (χ1) is 7.10. The van der Waals surface area contributed by atoms with Gasteiger partial charge in [0.1, 0.15) is 5.82 Å². The summed E-state index contributed by atoms with van der Waals surface area (Å²) in [5, 5.41) is 0.275. The van der Waals surface area contributed by atoms with Crippen LogP contribution in [0.25, 0.3) is 0 Å². The first-order valence-electron chi connectivity index (χ1n) is 4.33. The van der Waals surface area contributed by atoms with E-state index in [4.69, 9.17) is 17.3 Å². The van der Waals surface area contributed by atoms with Crippen LogP contribution in [0.15, 0.2) is 18.2 Å². The van der Waals surface area contributed by atoms with Crippen molar-refractivity contribution in [3.63, 3.8) is 0 Å². The van der Waals surface area contributed by atoms with E-state index in [0.29, 0.717) is 0 Å². The zero-order chi connectivity index (χ0) is 11.4. The third-order valence-electron chi connectivity index (χ3n) is 2.06. The van der Waals surface area contributed by atoms with Gasteiger partial charge < -0.3 is 10.5 Å². The largest absolute Gasteiger partial charge is 0.469 e. The van der Waals surface area contributed by atoms with E-state index in [9.17, 15) is 9.18 Å². The molecule has 1 atom stereocenters. The number of benzene rings is 1. The van der Waals surface area contributed by atoms with Gasteiger partial charge in [-0.1, -0.05) is 17.7 Å². The van der Waals surface area contributed by atoms with Crippen LogP contribution in [-0.4, -0.2) is 19.6 Å². The van der Waals surface area contributed by atoms with Crippen LogP contribution in [0, 0.1) is 5.82 Å². The number of carbonyl (C=O) groups excluding carboxylic acids is 1. The number of hydrogen-bond acceptors (Lipinski definition) is 3. The summed E-state index contributed by atoms with van der Waals surface area (Å²) in [6.45, 7) is -0.00870. The van der Waals surface area contributed by atoms with Gasteiger partial charge in [-0.25, -0.2) is 4.39 Å². The number of nitrogens with two attached hydrogens (primary N) is 1. The molecule has 3 nitrogen and oxygen atoms in total. The fourth-order valence-corrected chi connectivity index (χ4v) is 1.44. The standard InChI is InChI=1S/C10H11ClFNO2/c1-15-10(14)8(5-13)7-3-2-6(11)4-9(7)12/h2-4,8H,5,13H2,1H3. The molecule has 5 heteroatoms. The van der Waals surface area contributed by atoms with E-state index in [-0.39, 0.29) is 17.1 Å². The molecule has 0 saturated heterocycles. The summed E-state index contributed by atoms with van der Waals surface area (Å²) >= 11 is 5.59. The molecule has 0 aromatic heterocycles. The van der Waals surface area contributed by atoms with Gasteiger partial charge in [-0.15, -0.1) is 0 Å². The van der Waals surface area contributed by atoms with Crippen molar-refractivity contribution in [3.8, 4) is 0 Å². The molecule has 0 saturated carbocycles. The molecular weight excluding hydrogens is 221 g/mol. The van der Waals surface area contributed by atoms with Crippen LogP contribution in [0.3, 0.4) is 0 Å². The molecule has 15 heavy (non-hydrogen) atoms. The zero-order valence-electron chi connectivity index (χ0n) is 8.17. The van der Waals surface area contributed by atoms with Gasteiger partial charge in [0.25, 0.3) is 0 Å². The minimum atomic E-state index is -0.785. The molecule has 0 amide bonds. The van der Waals surface area contributed by atoms with Gasteiger partial charge in [-0.05, 0) is 12.1 Å². The summed E-state index contributed by atoms with van der Waals surface area (Å²) in [5.74, 6) is -1.89. The smallest absolute Gasteiger partial charge is 0.314 e. The van der Waals surface area contributed by atoms with E-state index in [1.807, 2.05) is 0 Å². The van der Waals surface area contributed by atoms with Crippen LogP contribution >= 0.6 is 11.6 Å². The Morgan fingerprint density at radius 1 is 1.67 bits per heavy atom. The number of carbonyl (C=O) groups is 1. The monoisotopic (exact) mass is 231 g/mol. The van der Waals surface area contributed by atoms with Crippen LogP contribution in [0.1, 0.15) is 11.5 Å². The Kier molecular flexibility index (Phi) is 4.05. The van der Waals surface area contributed by atoms with E-state index in [1.165, 1.54) is 19.2 Å². The molecule has 1 aromatic carbocycles. The molecule has 0 fully saturated rings. The maximum atomic E-state index is 13.4. The first-order valence-corrected chi connectivity index (χ1v) is 4.70. The lowest BCUT2D eigenvalue weighted by Crippen LogP contribution is -2.23. The molecule has 0 aliphatic heterocycles. The van der Waals surface area contributed by atoms with Crippen LogP contribution < -0.4 is 5.73 Å². The van der Waals surface area contributed by atoms with Gasteiger partial charge >= 0.3 is 5.97 Å². The molecule has 0 bridgehead atoms. The fourth-order valence-electron chi connectivity index (χ4n) is 1.28. The highest BCUT2D eigenvalue weighted by Gasteiger charge is 2.22. The molecule has 1 unspecified atom stereocenters. The molecule has 0 aliphatic rings. The van der Waals surface area contributed by atoms with Gasteiger partial charge in [-0.2, -0.15) is 0 Å².